The third-order valence-corrected chi connectivity index (χ3v) is 5.49. The number of unbranched alkanes of at least 4 members (excludes halogenated alkanes) is 5. The van der Waals surface area contributed by atoms with Crippen LogP contribution in [0.4, 0.5) is 0 Å². The SMILES string of the molecule is CCCCCCCC(C)(O)[C@H]1C=CC(=O)[C@H]1C/C=C\CCCc1nn[nH]n1. The first-order valence-corrected chi connectivity index (χ1v) is 10.4. The Balaban J connectivity index is 1.74. The zero-order valence-electron chi connectivity index (χ0n) is 16.7. The van der Waals surface area contributed by atoms with Gasteiger partial charge in [-0.3, -0.25) is 4.79 Å². The van der Waals surface area contributed by atoms with Gasteiger partial charge in [-0.15, -0.1) is 10.2 Å². The molecule has 0 spiro atoms. The van der Waals surface area contributed by atoms with Crippen LogP contribution >= 0.6 is 0 Å². The highest BCUT2D eigenvalue weighted by Gasteiger charge is 2.40. The van der Waals surface area contributed by atoms with Crippen LogP contribution in [0.25, 0.3) is 0 Å². The fraction of sp³-hybridized carbons (Fsp3) is 0.714. The van der Waals surface area contributed by atoms with Crippen LogP contribution < -0.4 is 0 Å². The molecule has 0 bridgehead atoms. The first-order valence-electron chi connectivity index (χ1n) is 10.4. The van der Waals surface area contributed by atoms with E-state index in [0.717, 1.165) is 44.3 Å². The minimum absolute atomic E-state index is 0.0832. The molecule has 1 aromatic heterocycles. The summed E-state index contributed by atoms with van der Waals surface area (Å²) in [5.41, 5.74) is -0.813. The number of rotatable bonds is 13. The summed E-state index contributed by atoms with van der Waals surface area (Å²) in [6.45, 7) is 4.09. The van der Waals surface area contributed by atoms with Gasteiger partial charge in [0.15, 0.2) is 11.6 Å². The Kier molecular flexibility index (Phi) is 8.85. The molecular weight excluding hydrogens is 340 g/mol. The van der Waals surface area contributed by atoms with E-state index in [2.05, 4.69) is 39.7 Å². The molecule has 0 aliphatic heterocycles. The number of aromatic nitrogens is 4. The third-order valence-electron chi connectivity index (χ3n) is 5.49. The van der Waals surface area contributed by atoms with Crippen LogP contribution in [0.15, 0.2) is 24.3 Å². The molecule has 2 rings (SSSR count). The van der Waals surface area contributed by atoms with Crippen molar-refractivity contribution in [3.8, 4) is 0 Å². The van der Waals surface area contributed by atoms with Crippen molar-refractivity contribution in [2.24, 2.45) is 11.8 Å². The second kappa shape index (κ2) is 11.1. The zero-order chi connectivity index (χ0) is 19.5. The predicted molar refractivity (Wildman–Crippen MR) is 106 cm³/mol. The molecule has 1 aliphatic carbocycles. The Morgan fingerprint density at radius 1 is 1.22 bits per heavy atom. The van der Waals surface area contributed by atoms with Crippen molar-refractivity contribution in [2.45, 2.75) is 83.7 Å². The summed E-state index contributed by atoms with van der Waals surface area (Å²) < 4.78 is 0. The summed E-state index contributed by atoms with van der Waals surface area (Å²) in [6, 6.07) is 0. The number of aromatic amines is 1. The van der Waals surface area contributed by atoms with Gasteiger partial charge in [-0.25, -0.2) is 0 Å². The fourth-order valence-corrected chi connectivity index (χ4v) is 3.82. The summed E-state index contributed by atoms with van der Waals surface area (Å²) >= 11 is 0. The van der Waals surface area contributed by atoms with E-state index in [9.17, 15) is 9.90 Å². The summed E-state index contributed by atoms with van der Waals surface area (Å²) in [5, 5.41) is 24.8. The van der Waals surface area contributed by atoms with Gasteiger partial charge in [0.2, 0.25) is 0 Å². The maximum atomic E-state index is 12.3. The number of tetrazole rings is 1. The molecule has 1 unspecified atom stereocenters. The number of carbonyl (C=O) groups excluding carboxylic acids is 1. The standard InChI is InChI=1S/C21H34N4O2/c1-3-4-5-8-11-16-21(2,27)18-14-15-19(26)17(18)12-9-6-7-10-13-20-22-24-25-23-20/h6,9,14-15,17-18,27H,3-5,7-8,10-13,16H2,1-2H3,(H,22,23,24,25)/b9-6-/t17-,18-,21?/m0/s1. The highest BCUT2D eigenvalue weighted by molar-refractivity contribution is 5.94. The van der Waals surface area contributed by atoms with Crippen molar-refractivity contribution in [1.82, 2.24) is 20.6 Å². The molecule has 1 aliphatic rings. The molecule has 6 nitrogen and oxygen atoms in total. The topological polar surface area (TPSA) is 91.8 Å². The average Bonchev–Trinajstić information content (AvgIpc) is 3.28. The number of nitrogens with one attached hydrogen (secondary N) is 1. The Morgan fingerprint density at radius 3 is 2.78 bits per heavy atom. The van der Waals surface area contributed by atoms with E-state index in [1.54, 1.807) is 6.08 Å². The van der Waals surface area contributed by atoms with E-state index in [0.29, 0.717) is 6.42 Å². The first kappa shape index (κ1) is 21.5. The zero-order valence-corrected chi connectivity index (χ0v) is 16.7. The normalized spacial score (nSPS) is 22.0. The van der Waals surface area contributed by atoms with Crippen molar-refractivity contribution >= 4 is 5.78 Å². The second-order valence-electron chi connectivity index (χ2n) is 7.84. The fourth-order valence-electron chi connectivity index (χ4n) is 3.82. The summed E-state index contributed by atoms with van der Waals surface area (Å²) in [7, 11) is 0. The largest absolute Gasteiger partial charge is 0.390 e. The molecule has 0 fully saturated rings. The van der Waals surface area contributed by atoms with Gasteiger partial charge in [0.1, 0.15) is 0 Å². The van der Waals surface area contributed by atoms with Gasteiger partial charge in [-0.1, -0.05) is 62.5 Å². The van der Waals surface area contributed by atoms with Crippen molar-refractivity contribution in [3.63, 3.8) is 0 Å². The minimum Gasteiger partial charge on any atom is -0.390 e. The molecule has 2 N–H and O–H groups in total. The quantitative estimate of drug-likeness (QED) is 0.403. The number of allylic oxidation sites excluding steroid dienone is 3. The molecule has 27 heavy (non-hydrogen) atoms. The van der Waals surface area contributed by atoms with Gasteiger partial charge in [0, 0.05) is 18.3 Å². The maximum Gasteiger partial charge on any atom is 0.174 e. The van der Waals surface area contributed by atoms with Crippen LogP contribution in [0.2, 0.25) is 0 Å². The molecule has 1 aromatic rings. The Morgan fingerprint density at radius 2 is 2.04 bits per heavy atom. The van der Waals surface area contributed by atoms with Gasteiger partial charge in [0.05, 0.1) is 5.60 Å². The molecule has 1 heterocycles. The Labute approximate surface area is 162 Å². The molecule has 0 amide bonds. The number of aryl methyl sites for hydroxylation is 1. The molecular formula is C21H34N4O2. The summed E-state index contributed by atoms with van der Waals surface area (Å²) in [6.07, 6.45) is 17.7. The maximum absolute atomic E-state index is 12.3. The van der Waals surface area contributed by atoms with Crippen LogP contribution in [-0.4, -0.2) is 37.1 Å². The van der Waals surface area contributed by atoms with Crippen LogP contribution in [-0.2, 0) is 11.2 Å². The number of ketones is 1. The van der Waals surface area contributed by atoms with E-state index in [1.807, 2.05) is 13.0 Å². The molecule has 6 heteroatoms. The van der Waals surface area contributed by atoms with Crippen LogP contribution in [0.1, 0.15) is 77.5 Å². The van der Waals surface area contributed by atoms with Crippen molar-refractivity contribution in [3.05, 3.63) is 30.1 Å². The van der Waals surface area contributed by atoms with E-state index in [-0.39, 0.29) is 17.6 Å². The first-order chi connectivity index (χ1) is 13.0. The van der Waals surface area contributed by atoms with Crippen molar-refractivity contribution < 1.29 is 9.90 Å². The Hall–Kier alpha value is -1.82. The van der Waals surface area contributed by atoms with Crippen molar-refractivity contribution in [1.29, 1.82) is 0 Å². The lowest BCUT2D eigenvalue weighted by Gasteiger charge is -2.33. The van der Waals surface area contributed by atoms with Crippen LogP contribution in [0.5, 0.6) is 0 Å². The number of nitrogens with zero attached hydrogens (tertiary/aromatic N) is 3. The second-order valence-corrected chi connectivity index (χ2v) is 7.84. The van der Waals surface area contributed by atoms with E-state index in [1.165, 1.54) is 19.3 Å². The summed E-state index contributed by atoms with van der Waals surface area (Å²) in [4.78, 5) is 12.3. The lowest BCUT2D eigenvalue weighted by molar-refractivity contribution is -0.121. The predicted octanol–water partition coefficient (Wildman–Crippen LogP) is 3.95. The smallest absolute Gasteiger partial charge is 0.174 e. The number of H-pyrrole nitrogens is 1. The highest BCUT2D eigenvalue weighted by atomic mass is 16.3. The molecule has 0 aromatic carbocycles. The molecule has 0 saturated heterocycles. The Bertz CT molecular complexity index is 608. The number of aliphatic hydroxyl groups is 1. The van der Waals surface area contributed by atoms with E-state index >= 15 is 0 Å². The average molecular weight is 375 g/mol. The molecule has 0 saturated carbocycles. The van der Waals surface area contributed by atoms with Gasteiger partial charge in [0.25, 0.3) is 0 Å². The number of hydrogen-bond donors (Lipinski definition) is 2. The lowest BCUT2D eigenvalue weighted by Crippen LogP contribution is -2.38. The van der Waals surface area contributed by atoms with Gasteiger partial charge < -0.3 is 5.11 Å². The lowest BCUT2D eigenvalue weighted by atomic mass is 9.77. The summed E-state index contributed by atoms with van der Waals surface area (Å²) in [5.74, 6) is 0.653. The van der Waals surface area contributed by atoms with Crippen LogP contribution in [0, 0.1) is 11.8 Å². The molecule has 0 radical (unpaired) electrons. The van der Waals surface area contributed by atoms with E-state index in [4.69, 9.17) is 0 Å². The van der Waals surface area contributed by atoms with Crippen LogP contribution in [0.3, 0.4) is 0 Å². The molecule has 150 valence electrons. The van der Waals surface area contributed by atoms with Gasteiger partial charge in [-0.2, -0.15) is 5.21 Å². The van der Waals surface area contributed by atoms with Gasteiger partial charge in [-0.05, 0) is 38.7 Å². The number of hydrogen-bond acceptors (Lipinski definition) is 5. The minimum atomic E-state index is -0.813. The van der Waals surface area contributed by atoms with E-state index < -0.39 is 5.60 Å². The number of carbonyl (C=O) groups is 1. The third kappa shape index (κ3) is 7.01. The highest BCUT2D eigenvalue weighted by Crippen LogP contribution is 2.37. The molecule has 3 atom stereocenters. The monoisotopic (exact) mass is 374 g/mol. The van der Waals surface area contributed by atoms with Gasteiger partial charge >= 0.3 is 0 Å². The van der Waals surface area contributed by atoms with Crippen molar-refractivity contribution in [2.75, 3.05) is 0 Å².